The Balaban J connectivity index is 1.65. The zero-order valence-electron chi connectivity index (χ0n) is 17.5. The highest BCUT2D eigenvalue weighted by atomic mass is 19.1. The number of aryl methyl sites for hydroxylation is 1. The summed E-state index contributed by atoms with van der Waals surface area (Å²) in [5.41, 5.74) is 5.34. The van der Waals surface area contributed by atoms with Crippen LogP contribution in [-0.4, -0.2) is 55.7 Å². The number of benzene rings is 2. The van der Waals surface area contributed by atoms with Gasteiger partial charge in [-0.15, -0.1) is 0 Å². The lowest BCUT2D eigenvalue weighted by Gasteiger charge is -2.42. The van der Waals surface area contributed by atoms with Crippen molar-refractivity contribution in [1.29, 1.82) is 0 Å². The molecule has 2 aromatic rings. The third kappa shape index (κ3) is 6.18. The molecule has 0 spiro atoms. The first kappa shape index (κ1) is 22.6. The molecule has 31 heavy (non-hydrogen) atoms. The number of hydrogen-bond acceptors (Lipinski definition) is 5. The molecule has 0 unspecified atom stereocenters. The van der Waals surface area contributed by atoms with Gasteiger partial charge in [0, 0.05) is 13.0 Å². The van der Waals surface area contributed by atoms with Gasteiger partial charge in [0.15, 0.2) is 0 Å². The molecule has 166 valence electrons. The molecule has 1 heterocycles. The smallest absolute Gasteiger partial charge is 0.223 e. The van der Waals surface area contributed by atoms with Crippen molar-refractivity contribution < 1.29 is 28.2 Å². The molecular weight excluding hydrogens is 403 g/mol. The van der Waals surface area contributed by atoms with E-state index in [1.807, 2.05) is 24.3 Å². The van der Waals surface area contributed by atoms with Crippen molar-refractivity contribution in [3.63, 3.8) is 0 Å². The highest BCUT2D eigenvalue weighted by Crippen LogP contribution is 2.26. The van der Waals surface area contributed by atoms with Gasteiger partial charge in [0.1, 0.15) is 29.5 Å². The van der Waals surface area contributed by atoms with E-state index in [1.165, 1.54) is 24.3 Å². The van der Waals surface area contributed by atoms with Crippen LogP contribution in [0.4, 0.5) is 4.39 Å². The summed E-state index contributed by atoms with van der Waals surface area (Å²) >= 11 is 0. The Kier molecular flexibility index (Phi) is 7.46. The zero-order valence-corrected chi connectivity index (χ0v) is 17.5. The fourth-order valence-corrected chi connectivity index (χ4v) is 3.68. The van der Waals surface area contributed by atoms with Crippen LogP contribution in [0.5, 0.6) is 11.5 Å². The maximum atomic E-state index is 13.1. The zero-order chi connectivity index (χ0) is 22.3. The predicted octanol–water partition coefficient (Wildman–Crippen LogP) is 2.32. The Morgan fingerprint density at radius 2 is 1.94 bits per heavy atom. The van der Waals surface area contributed by atoms with Gasteiger partial charge < -0.3 is 24.8 Å². The Bertz CT molecular complexity index is 905. The van der Waals surface area contributed by atoms with Crippen molar-refractivity contribution in [3.8, 4) is 11.5 Å². The average molecular weight is 430 g/mol. The van der Waals surface area contributed by atoms with Crippen LogP contribution in [0, 0.1) is 5.82 Å². The SMILES string of the molecule is COc1ccccc1CCC(=O)N1CCO[C@@](COc2ccc(F)cc2)(CC(N)=O)C1. The number of carbonyl (C=O) groups is 2. The van der Waals surface area contributed by atoms with E-state index in [0.717, 1.165) is 11.3 Å². The van der Waals surface area contributed by atoms with Gasteiger partial charge in [-0.1, -0.05) is 18.2 Å². The number of hydrogen-bond donors (Lipinski definition) is 1. The van der Waals surface area contributed by atoms with Gasteiger partial charge in [-0.3, -0.25) is 9.59 Å². The summed E-state index contributed by atoms with van der Waals surface area (Å²) in [6.45, 7) is 0.877. The van der Waals surface area contributed by atoms with E-state index in [2.05, 4.69) is 0 Å². The number of morpholine rings is 1. The number of nitrogens with zero attached hydrogens (tertiary/aromatic N) is 1. The molecule has 8 heteroatoms. The van der Waals surface area contributed by atoms with Crippen LogP contribution in [0.1, 0.15) is 18.4 Å². The summed E-state index contributed by atoms with van der Waals surface area (Å²) < 4.78 is 30.1. The Labute approximate surface area is 180 Å². The molecule has 0 aliphatic carbocycles. The molecule has 0 radical (unpaired) electrons. The first-order chi connectivity index (χ1) is 14.9. The first-order valence-corrected chi connectivity index (χ1v) is 10.1. The Hall–Kier alpha value is -3.13. The number of carbonyl (C=O) groups excluding carboxylic acids is 2. The van der Waals surface area contributed by atoms with Crippen LogP contribution in [0.2, 0.25) is 0 Å². The summed E-state index contributed by atoms with van der Waals surface area (Å²) in [6, 6.07) is 13.1. The first-order valence-electron chi connectivity index (χ1n) is 10.1. The van der Waals surface area contributed by atoms with Crippen molar-refractivity contribution in [2.45, 2.75) is 24.9 Å². The molecule has 2 amide bonds. The average Bonchev–Trinajstić information content (AvgIpc) is 2.77. The second kappa shape index (κ2) is 10.3. The van der Waals surface area contributed by atoms with E-state index < -0.39 is 11.5 Å². The van der Waals surface area contributed by atoms with Crippen LogP contribution in [0.15, 0.2) is 48.5 Å². The molecule has 1 saturated heterocycles. The van der Waals surface area contributed by atoms with Gasteiger partial charge in [0.2, 0.25) is 11.8 Å². The lowest BCUT2D eigenvalue weighted by molar-refractivity contribution is -0.161. The number of para-hydroxylation sites is 1. The van der Waals surface area contributed by atoms with Crippen LogP contribution in [0.3, 0.4) is 0 Å². The van der Waals surface area contributed by atoms with Gasteiger partial charge in [0.05, 0.1) is 26.7 Å². The molecule has 1 fully saturated rings. The molecule has 1 aliphatic rings. The van der Waals surface area contributed by atoms with Crippen molar-refractivity contribution >= 4 is 11.8 Å². The molecule has 2 N–H and O–H groups in total. The third-order valence-electron chi connectivity index (χ3n) is 5.21. The van der Waals surface area contributed by atoms with Crippen molar-refractivity contribution in [1.82, 2.24) is 4.90 Å². The molecule has 1 aliphatic heterocycles. The van der Waals surface area contributed by atoms with Gasteiger partial charge in [0.25, 0.3) is 0 Å². The molecule has 2 aromatic carbocycles. The standard InChI is InChI=1S/C23H27FN2O5/c1-29-20-5-3-2-4-17(20)6-11-22(28)26-12-13-31-23(15-26,14-21(25)27)16-30-19-9-7-18(24)8-10-19/h2-5,7-10H,6,11-16H2,1H3,(H2,25,27)/t23-/m0/s1. The minimum atomic E-state index is -1.06. The van der Waals surface area contributed by atoms with Crippen LogP contribution >= 0.6 is 0 Å². The number of primary amides is 1. The van der Waals surface area contributed by atoms with E-state index in [0.29, 0.717) is 25.1 Å². The lowest BCUT2D eigenvalue weighted by Crippen LogP contribution is -2.58. The normalized spacial score (nSPS) is 18.5. The van der Waals surface area contributed by atoms with Crippen molar-refractivity contribution in [2.24, 2.45) is 5.73 Å². The van der Waals surface area contributed by atoms with E-state index >= 15 is 0 Å². The van der Waals surface area contributed by atoms with Crippen LogP contribution < -0.4 is 15.2 Å². The van der Waals surface area contributed by atoms with Gasteiger partial charge in [-0.2, -0.15) is 0 Å². The number of halogens is 1. The monoisotopic (exact) mass is 430 g/mol. The second-order valence-electron chi connectivity index (χ2n) is 7.54. The van der Waals surface area contributed by atoms with Crippen LogP contribution in [-0.2, 0) is 20.7 Å². The summed E-state index contributed by atoms with van der Waals surface area (Å²) in [7, 11) is 1.60. The van der Waals surface area contributed by atoms with Crippen LogP contribution in [0.25, 0.3) is 0 Å². The van der Waals surface area contributed by atoms with Gasteiger partial charge in [-0.25, -0.2) is 4.39 Å². The summed E-state index contributed by atoms with van der Waals surface area (Å²) in [4.78, 5) is 26.3. The molecule has 7 nitrogen and oxygen atoms in total. The summed E-state index contributed by atoms with van der Waals surface area (Å²) in [5, 5.41) is 0. The fourth-order valence-electron chi connectivity index (χ4n) is 3.68. The molecule has 0 aromatic heterocycles. The van der Waals surface area contributed by atoms with Gasteiger partial charge >= 0.3 is 0 Å². The Morgan fingerprint density at radius 3 is 2.65 bits per heavy atom. The van der Waals surface area contributed by atoms with Crippen molar-refractivity contribution in [3.05, 3.63) is 59.9 Å². The van der Waals surface area contributed by atoms with E-state index in [1.54, 1.807) is 12.0 Å². The molecule has 0 saturated carbocycles. The topological polar surface area (TPSA) is 91.1 Å². The number of methoxy groups -OCH3 is 1. The predicted molar refractivity (Wildman–Crippen MR) is 112 cm³/mol. The fraction of sp³-hybridized carbons (Fsp3) is 0.391. The van der Waals surface area contributed by atoms with Crippen molar-refractivity contribution in [2.75, 3.05) is 33.4 Å². The number of ether oxygens (including phenoxy) is 3. The van der Waals surface area contributed by atoms with E-state index in [9.17, 15) is 14.0 Å². The largest absolute Gasteiger partial charge is 0.496 e. The summed E-state index contributed by atoms with van der Waals surface area (Å²) in [5.74, 6) is 0.206. The number of amides is 2. The minimum Gasteiger partial charge on any atom is -0.496 e. The van der Waals surface area contributed by atoms with E-state index in [4.69, 9.17) is 19.9 Å². The molecule has 0 bridgehead atoms. The van der Waals surface area contributed by atoms with E-state index in [-0.39, 0.29) is 37.9 Å². The highest BCUT2D eigenvalue weighted by molar-refractivity contribution is 5.78. The number of nitrogens with two attached hydrogens (primary N) is 1. The molecule has 1 atom stereocenters. The highest BCUT2D eigenvalue weighted by Gasteiger charge is 2.40. The van der Waals surface area contributed by atoms with Gasteiger partial charge in [-0.05, 0) is 42.3 Å². The molecule has 3 rings (SSSR count). The minimum absolute atomic E-state index is 0.0118. The second-order valence-corrected chi connectivity index (χ2v) is 7.54. The Morgan fingerprint density at radius 1 is 1.19 bits per heavy atom. The maximum Gasteiger partial charge on any atom is 0.223 e. The quantitative estimate of drug-likeness (QED) is 0.659. The summed E-state index contributed by atoms with van der Waals surface area (Å²) in [6.07, 6.45) is 0.741. The number of rotatable bonds is 9. The molecular formula is C23H27FN2O5. The maximum absolute atomic E-state index is 13.1. The lowest BCUT2D eigenvalue weighted by atomic mass is 9.97. The third-order valence-corrected chi connectivity index (χ3v) is 5.21.